The molecule has 101 valence electrons. The molecule has 0 heterocycles. The Hall–Kier alpha value is -0.246. The Morgan fingerprint density at radius 3 is 2.53 bits per heavy atom. The van der Waals surface area contributed by atoms with Crippen LogP contribution in [0.1, 0.15) is 45.1 Å². The van der Waals surface area contributed by atoms with Crippen molar-refractivity contribution in [3.8, 4) is 0 Å². The molecule has 4 heteroatoms. The van der Waals surface area contributed by atoms with Crippen LogP contribution in [0.5, 0.6) is 0 Å². The Balaban J connectivity index is 0.00000180. The second-order valence-electron chi connectivity index (χ2n) is 5.78. The number of carbonyl (C=O) groups excluding carboxylic acids is 1. The van der Waals surface area contributed by atoms with E-state index in [1.165, 1.54) is 0 Å². The second kappa shape index (κ2) is 6.47. The number of aliphatic hydroxyl groups is 1. The van der Waals surface area contributed by atoms with E-state index in [2.05, 4.69) is 25.2 Å². The van der Waals surface area contributed by atoms with Crippen LogP contribution in [0.4, 0.5) is 5.69 Å². The zero-order valence-electron chi connectivity index (χ0n) is 11.7. The van der Waals surface area contributed by atoms with Gasteiger partial charge in [0.25, 0.3) is 0 Å². The van der Waals surface area contributed by atoms with Gasteiger partial charge >= 0.3 is 0 Å². The van der Waals surface area contributed by atoms with E-state index in [1.54, 1.807) is 6.92 Å². The molecule has 19 heavy (non-hydrogen) atoms. The smallest absolute Gasteiger partial charge is 0.216 e. The van der Waals surface area contributed by atoms with Gasteiger partial charge in [0.1, 0.15) is 0 Å². The van der Waals surface area contributed by atoms with E-state index < -0.39 is 5.60 Å². The van der Waals surface area contributed by atoms with E-state index in [0.717, 1.165) is 11.3 Å². The molecule has 0 spiro atoms. The summed E-state index contributed by atoms with van der Waals surface area (Å²) in [4.78, 5) is 11.9. The van der Waals surface area contributed by atoms with Gasteiger partial charge in [-0.25, -0.2) is 0 Å². The first-order valence-corrected chi connectivity index (χ1v) is 6.42. The quantitative estimate of drug-likeness (QED) is 0.835. The Bertz CT molecular complexity index is 432. The molecular weight excluding hydrogens is 315 g/mol. The minimum absolute atomic E-state index is 0. The molecule has 2 rings (SSSR count). The van der Waals surface area contributed by atoms with Gasteiger partial charge in [0.15, 0.2) is 0 Å². The second-order valence-corrected chi connectivity index (χ2v) is 5.78. The maximum absolute atomic E-state index is 11.9. The van der Waals surface area contributed by atoms with Gasteiger partial charge in [0, 0.05) is 38.6 Å². The molecule has 2 N–H and O–H groups in total. The molecule has 0 saturated heterocycles. The van der Waals surface area contributed by atoms with Crippen molar-refractivity contribution in [1.29, 1.82) is 0 Å². The maximum Gasteiger partial charge on any atom is 0.216 e. The van der Waals surface area contributed by atoms with Crippen molar-refractivity contribution in [3.05, 3.63) is 29.8 Å². The summed E-state index contributed by atoms with van der Waals surface area (Å²) in [6, 6.07) is 8.87. The molecule has 0 unspecified atom stereocenters. The summed E-state index contributed by atoms with van der Waals surface area (Å²) in [6.07, 6.45) is 1.10. The van der Waals surface area contributed by atoms with Crippen LogP contribution in [0.25, 0.3) is 0 Å². The summed E-state index contributed by atoms with van der Waals surface area (Å²) in [6.45, 7) is 5.99. The molecule has 0 aliphatic heterocycles. The molecule has 3 nitrogen and oxygen atoms in total. The van der Waals surface area contributed by atoms with Crippen molar-refractivity contribution in [2.75, 3.05) is 5.32 Å². The number of hydrogen-bond donors (Lipinski definition) is 2. The van der Waals surface area contributed by atoms with Crippen LogP contribution < -0.4 is 5.32 Å². The summed E-state index contributed by atoms with van der Waals surface area (Å²) in [5, 5.41) is 12.5. The molecule has 1 aromatic rings. The fourth-order valence-corrected chi connectivity index (χ4v) is 2.31. The molecule has 0 atom stereocenters. The van der Waals surface area contributed by atoms with E-state index >= 15 is 0 Å². The van der Waals surface area contributed by atoms with Crippen molar-refractivity contribution in [1.82, 2.24) is 0 Å². The summed E-state index contributed by atoms with van der Waals surface area (Å²) >= 11 is 0. The fraction of sp³-hybridized carbons (Fsp3) is 0.533. The molecule has 1 fully saturated rings. The Labute approximate surface area is 140 Å². The Morgan fingerprint density at radius 2 is 2.11 bits per heavy atom. The summed E-state index contributed by atoms with van der Waals surface area (Å²) in [7, 11) is 0. The first kappa shape index (κ1) is 16.8. The average molecular weight is 335 g/mol. The van der Waals surface area contributed by atoms with Crippen molar-refractivity contribution >= 4 is 11.6 Å². The fourth-order valence-electron chi connectivity index (χ4n) is 2.31. The molecule has 1 saturated carbocycles. The minimum atomic E-state index is -0.657. The summed E-state index contributed by atoms with van der Waals surface area (Å²) in [5.74, 6) is 0.369. The Morgan fingerprint density at radius 1 is 1.47 bits per heavy atom. The van der Waals surface area contributed by atoms with Crippen LogP contribution in [0.3, 0.4) is 0 Å². The molecule has 1 aliphatic rings. The van der Waals surface area contributed by atoms with Gasteiger partial charge < -0.3 is 10.4 Å². The van der Waals surface area contributed by atoms with E-state index in [9.17, 15) is 9.90 Å². The topological polar surface area (TPSA) is 49.3 Å². The number of rotatable bonds is 3. The van der Waals surface area contributed by atoms with Crippen LogP contribution >= 0.6 is 0 Å². The third-order valence-electron chi connectivity index (χ3n) is 3.47. The number of carbonyl (C=O) groups is 1. The number of benzene rings is 1. The molecule has 1 radical (unpaired) electrons. The van der Waals surface area contributed by atoms with E-state index in [1.807, 2.05) is 18.2 Å². The predicted molar refractivity (Wildman–Crippen MR) is 71.3 cm³/mol. The van der Waals surface area contributed by atoms with Crippen LogP contribution in [0.2, 0.25) is 0 Å². The number of anilines is 1. The van der Waals surface area contributed by atoms with E-state index in [-0.39, 0.29) is 44.5 Å². The van der Waals surface area contributed by atoms with Gasteiger partial charge in [-0.15, -0.1) is 6.07 Å². The van der Waals surface area contributed by atoms with Gasteiger partial charge in [0.05, 0.1) is 5.60 Å². The van der Waals surface area contributed by atoms with Gasteiger partial charge in [-0.1, -0.05) is 19.5 Å². The summed E-state index contributed by atoms with van der Waals surface area (Å²) < 4.78 is 0. The number of nitrogens with one attached hydrogen (secondary N) is 1. The monoisotopic (exact) mass is 335 g/mol. The Kier molecular flexibility index (Phi) is 5.72. The van der Waals surface area contributed by atoms with Crippen LogP contribution in [-0.2, 0) is 37.5 Å². The first-order chi connectivity index (χ1) is 8.37. The molecular formula is C15H20NO2Y-. The normalized spacial score (nSPS) is 25.4. The largest absolute Gasteiger partial charge is 0.390 e. The van der Waals surface area contributed by atoms with Crippen molar-refractivity contribution in [2.24, 2.45) is 5.92 Å². The van der Waals surface area contributed by atoms with Crippen LogP contribution in [-0.4, -0.2) is 16.6 Å². The van der Waals surface area contributed by atoms with E-state index in [4.69, 9.17) is 0 Å². The van der Waals surface area contributed by atoms with Crippen LogP contribution in [0, 0.1) is 12.0 Å². The SMILES string of the molecule is CC(C)c1[c-]cc(NC(=O)C2CC(C)(O)C2)cc1.[Y]. The molecule has 0 bridgehead atoms. The number of hydrogen-bond acceptors (Lipinski definition) is 2. The van der Waals surface area contributed by atoms with Crippen molar-refractivity contribution in [2.45, 2.75) is 45.1 Å². The molecule has 1 amide bonds. The zero-order valence-corrected chi connectivity index (χ0v) is 14.6. The van der Waals surface area contributed by atoms with E-state index in [0.29, 0.717) is 18.8 Å². The molecule has 1 aromatic carbocycles. The van der Waals surface area contributed by atoms with Crippen molar-refractivity contribution < 1.29 is 42.6 Å². The average Bonchev–Trinajstić information content (AvgIpc) is 2.26. The van der Waals surface area contributed by atoms with Crippen molar-refractivity contribution in [3.63, 3.8) is 0 Å². The molecule has 1 aliphatic carbocycles. The maximum atomic E-state index is 11.9. The predicted octanol–water partition coefficient (Wildman–Crippen LogP) is 2.71. The minimum Gasteiger partial charge on any atom is -0.390 e. The third-order valence-corrected chi connectivity index (χ3v) is 3.47. The zero-order chi connectivity index (χ0) is 13.3. The van der Waals surface area contributed by atoms with Gasteiger partial charge in [-0.05, 0) is 25.7 Å². The summed E-state index contributed by atoms with van der Waals surface area (Å²) in [5.41, 5.74) is 1.26. The van der Waals surface area contributed by atoms with Gasteiger partial charge in [-0.3, -0.25) is 4.79 Å². The third kappa shape index (κ3) is 4.37. The van der Waals surface area contributed by atoms with Gasteiger partial charge in [0.2, 0.25) is 5.91 Å². The molecule has 0 aromatic heterocycles. The van der Waals surface area contributed by atoms with Crippen LogP contribution in [0.15, 0.2) is 18.2 Å². The first-order valence-electron chi connectivity index (χ1n) is 6.42. The number of amides is 1. The van der Waals surface area contributed by atoms with Gasteiger partial charge in [-0.2, -0.15) is 23.8 Å². The standard InChI is InChI=1S/C15H20NO2.Y/c1-10(2)11-4-6-13(7-5-11)16-14(17)12-8-15(3,18)9-12;/h4,6-7,10,12,18H,8-9H2,1-3H3,(H,16,17);/q-1;.